The van der Waals surface area contributed by atoms with Gasteiger partial charge in [-0.15, -0.1) is 0 Å². The van der Waals surface area contributed by atoms with Crippen LogP contribution in [0.3, 0.4) is 0 Å². The lowest BCUT2D eigenvalue weighted by molar-refractivity contribution is -0.00785. The van der Waals surface area contributed by atoms with Crippen LogP contribution in [0.4, 0.5) is 8.78 Å². The van der Waals surface area contributed by atoms with Crippen molar-refractivity contribution in [3.63, 3.8) is 0 Å². The molecule has 3 nitrogen and oxygen atoms in total. The quantitative estimate of drug-likeness (QED) is 0.783. The molecule has 0 saturated carbocycles. The lowest BCUT2D eigenvalue weighted by atomic mass is 10.3. The Morgan fingerprint density at radius 2 is 2.23 bits per heavy atom. The summed E-state index contributed by atoms with van der Waals surface area (Å²) in [5, 5.41) is 0. The van der Waals surface area contributed by atoms with Crippen LogP contribution in [-0.4, -0.2) is 16.1 Å². The molecule has 0 saturated heterocycles. The Morgan fingerprint density at radius 3 is 2.69 bits per heavy atom. The van der Waals surface area contributed by atoms with Crippen molar-refractivity contribution in [1.82, 2.24) is 9.55 Å². The van der Waals surface area contributed by atoms with E-state index < -0.39 is 12.5 Å². The zero-order valence-electron chi connectivity index (χ0n) is 7.67. The minimum atomic E-state index is -3.03. The molecule has 13 heavy (non-hydrogen) atoms. The van der Waals surface area contributed by atoms with Crippen LogP contribution in [-0.2, 0) is 5.92 Å². The van der Waals surface area contributed by atoms with Crippen LogP contribution in [0.25, 0.3) is 0 Å². The maximum Gasteiger partial charge on any atom is 0.316 e. The molecule has 5 heteroatoms. The molecular weight excluding hydrogens is 176 g/mol. The van der Waals surface area contributed by atoms with E-state index in [0.717, 1.165) is 0 Å². The second kappa shape index (κ2) is 3.41. The van der Waals surface area contributed by atoms with Crippen molar-refractivity contribution in [3.05, 3.63) is 18.2 Å². The molecule has 1 heterocycles. The van der Waals surface area contributed by atoms with E-state index in [2.05, 4.69) is 4.98 Å². The zero-order chi connectivity index (χ0) is 10.1. The molecule has 0 fully saturated rings. The van der Waals surface area contributed by atoms with Crippen molar-refractivity contribution in [1.29, 1.82) is 0 Å². The predicted molar refractivity (Wildman–Crippen MR) is 45.6 cm³/mol. The van der Waals surface area contributed by atoms with Gasteiger partial charge in [0.25, 0.3) is 0 Å². The van der Waals surface area contributed by atoms with Gasteiger partial charge in [0.1, 0.15) is 0 Å². The maximum absolute atomic E-state index is 13.1. The first-order valence-electron chi connectivity index (χ1n) is 4.10. The van der Waals surface area contributed by atoms with Crippen LogP contribution >= 0.6 is 0 Å². The second-order valence-electron chi connectivity index (χ2n) is 3.16. The number of nitrogens with two attached hydrogens (primary N) is 1. The number of rotatable bonds is 3. The average molecular weight is 189 g/mol. The number of imidazole rings is 1. The highest BCUT2D eigenvalue weighted by Crippen LogP contribution is 2.26. The van der Waals surface area contributed by atoms with Gasteiger partial charge in [0, 0.05) is 18.4 Å². The summed E-state index contributed by atoms with van der Waals surface area (Å²) >= 11 is 0. The number of hydrogen-bond donors (Lipinski definition) is 1. The summed E-state index contributed by atoms with van der Waals surface area (Å²) in [6.07, 6.45) is 2.89. The van der Waals surface area contributed by atoms with E-state index in [9.17, 15) is 8.78 Å². The molecule has 0 aromatic carbocycles. The Bertz CT molecular complexity index is 281. The number of halogens is 2. The van der Waals surface area contributed by atoms with Crippen LogP contribution in [0.1, 0.15) is 25.7 Å². The number of hydrogen-bond acceptors (Lipinski definition) is 2. The summed E-state index contributed by atoms with van der Waals surface area (Å²) in [4.78, 5) is 3.61. The highest BCUT2D eigenvalue weighted by Gasteiger charge is 2.34. The summed E-state index contributed by atoms with van der Waals surface area (Å²) in [7, 11) is 0. The topological polar surface area (TPSA) is 43.8 Å². The van der Waals surface area contributed by atoms with Crippen LogP contribution < -0.4 is 5.73 Å². The smallest absolute Gasteiger partial charge is 0.316 e. The number of nitrogens with zero attached hydrogens (tertiary/aromatic N) is 2. The molecule has 2 N–H and O–H groups in total. The van der Waals surface area contributed by atoms with Gasteiger partial charge in [0.15, 0.2) is 5.82 Å². The molecule has 74 valence electrons. The lowest BCUT2D eigenvalue weighted by Gasteiger charge is -2.17. The van der Waals surface area contributed by atoms with Gasteiger partial charge >= 0.3 is 5.92 Å². The molecule has 0 atom stereocenters. The number of aromatic nitrogens is 2. The molecule has 0 unspecified atom stereocenters. The molecule has 0 aliphatic carbocycles. The fraction of sp³-hybridized carbons (Fsp3) is 0.625. The standard InChI is InChI=1S/C8H13F2N3/c1-6(2)13-4-3-12-7(13)8(9,10)5-11/h3-4,6H,5,11H2,1-2H3. The van der Waals surface area contributed by atoms with E-state index in [0.29, 0.717) is 0 Å². The Labute approximate surface area is 75.6 Å². The van der Waals surface area contributed by atoms with Crippen molar-refractivity contribution in [2.24, 2.45) is 5.73 Å². The van der Waals surface area contributed by atoms with Crippen molar-refractivity contribution in [3.8, 4) is 0 Å². The van der Waals surface area contributed by atoms with Crippen molar-refractivity contribution >= 4 is 0 Å². The van der Waals surface area contributed by atoms with Crippen molar-refractivity contribution in [2.75, 3.05) is 6.54 Å². The molecule has 0 radical (unpaired) electrons. The highest BCUT2D eigenvalue weighted by molar-refractivity contribution is 5.02. The molecule has 0 spiro atoms. The van der Waals surface area contributed by atoms with Gasteiger partial charge in [-0.2, -0.15) is 8.78 Å². The normalized spacial score (nSPS) is 12.5. The van der Waals surface area contributed by atoms with Gasteiger partial charge in [0.2, 0.25) is 0 Å². The first-order valence-corrected chi connectivity index (χ1v) is 4.10. The Kier molecular flexibility index (Phi) is 2.66. The lowest BCUT2D eigenvalue weighted by Crippen LogP contribution is -2.29. The Balaban J connectivity index is 3.07. The fourth-order valence-electron chi connectivity index (χ4n) is 1.10. The van der Waals surface area contributed by atoms with Gasteiger partial charge in [-0.05, 0) is 13.8 Å². The fourth-order valence-corrected chi connectivity index (χ4v) is 1.10. The second-order valence-corrected chi connectivity index (χ2v) is 3.16. The minimum absolute atomic E-state index is 0.0325. The minimum Gasteiger partial charge on any atom is -0.327 e. The van der Waals surface area contributed by atoms with Crippen LogP contribution in [0.15, 0.2) is 12.4 Å². The van der Waals surface area contributed by atoms with E-state index in [4.69, 9.17) is 5.73 Å². The Hall–Kier alpha value is -0.970. The summed E-state index contributed by atoms with van der Waals surface area (Å²) in [6.45, 7) is 2.92. The highest BCUT2D eigenvalue weighted by atomic mass is 19.3. The molecule has 0 aliphatic rings. The van der Waals surface area contributed by atoms with Crippen LogP contribution in [0.2, 0.25) is 0 Å². The predicted octanol–water partition coefficient (Wildman–Crippen LogP) is 1.51. The molecular formula is C8H13F2N3. The average Bonchev–Trinajstić information content (AvgIpc) is 2.52. The number of alkyl halides is 2. The summed E-state index contributed by atoms with van der Waals surface area (Å²) < 4.78 is 27.7. The van der Waals surface area contributed by atoms with Gasteiger partial charge in [-0.3, -0.25) is 0 Å². The van der Waals surface area contributed by atoms with Gasteiger partial charge in [-0.25, -0.2) is 4.98 Å². The van der Waals surface area contributed by atoms with E-state index in [-0.39, 0.29) is 11.9 Å². The van der Waals surface area contributed by atoms with Gasteiger partial charge in [0.05, 0.1) is 6.54 Å². The monoisotopic (exact) mass is 189 g/mol. The zero-order valence-corrected chi connectivity index (χ0v) is 7.67. The third kappa shape index (κ3) is 1.85. The molecule has 1 rings (SSSR count). The third-order valence-corrected chi connectivity index (χ3v) is 1.81. The van der Waals surface area contributed by atoms with E-state index in [1.807, 2.05) is 13.8 Å². The van der Waals surface area contributed by atoms with Crippen LogP contribution in [0, 0.1) is 0 Å². The molecule has 0 amide bonds. The maximum atomic E-state index is 13.1. The van der Waals surface area contributed by atoms with E-state index in [1.165, 1.54) is 17.0 Å². The molecule has 1 aromatic heterocycles. The summed E-state index contributed by atoms with van der Waals surface area (Å²) in [5.74, 6) is -3.29. The van der Waals surface area contributed by atoms with E-state index in [1.54, 1.807) is 0 Å². The third-order valence-electron chi connectivity index (χ3n) is 1.81. The largest absolute Gasteiger partial charge is 0.327 e. The van der Waals surface area contributed by atoms with Gasteiger partial charge in [-0.1, -0.05) is 0 Å². The molecule has 1 aromatic rings. The Morgan fingerprint density at radius 1 is 1.62 bits per heavy atom. The summed E-state index contributed by atoms with van der Waals surface area (Å²) in [5.41, 5.74) is 4.96. The van der Waals surface area contributed by atoms with Crippen molar-refractivity contribution < 1.29 is 8.78 Å². The molecule has 0 aliphatic heterocycles. The first-order chi connectivity index (χ1) is 5.99. The first kappa shape index (κ1) is 10.1. The summed E-state index contributed by atoms with van der Waals surface area (Å²) in [6, 6.07) is -0.0325. The molecule has 0 bridgehead atoms. The van der Waals surface area contributed by atoms with Gasteiger partial charge < -0.3 is 10.3 Å². The van der Waals surface area contributed by atoms with E-state index >= 15 is 0 Å². The SMILES string of the molecule is CC(C)n1ccnc1C(F)(F)CN. The van der Waals surface area contributed by atoms with Crippen LogP contribution in [0.5, 0.6) is 0 Å². The van der Waals surface area contributed by atoms with Crippen molar-refractivity contribution in [2.45, 2.75) is 25.8 Å².